The summed E-state index contributed by atoms with van der Waals surface area (Å²) in [5.74, 6) is -1.90. The van der Waals surface area contributed by atoms with Gasteiger partial charge in [0.25, 0.3) is 0 Å². The van der Waals surface area contributed by atoms with Gasteiger partial charge in [-0.1, -0.05) is 17.8 Å². The number of thioether (sulfide) groups is 1. The zero-order chi connectivity index (χ0) is 23.5. The predicted octanol–water partition coefficient (Wildman–Crippen LogP) is 5.34. The molecule has 1 unspecified atom stereocenters. The van der Waals surface area contributed by atoms with E-state index >= 15 is 0 Å². The molecule has 2 amide bonds. The zero-order valence-electron chi connectivity index (χ0n) is 18.0. The number of amides is 2. The number of aliphatic imine (C=N–C) groups is 1. The van der Waals surface area contributed by atoms with Crippen molar-refractivity contribution < 1.29 is 22.8 Å². The second-order valence-corrected chi connectivity index (χ2v) is 8.82. The molecule has 1 N–H and O–H groups in total. The average molecular weight is 470 g/mol. The monoisotopic (exact) mass is 469 g/mol. The summed E-state index contributed by atoms with van der Waals surface area (Å²) < 4.78 is 32.4. The van der Waals surface area contributed by atoms with E-state index in [9.17, 15) is 18.4 Å². The average Bonchev–Trinajstić information content (AvgIpc) is 3.37. The Morgan fingerprint density at radius 2 is 1.97 bits per heavy atom. The topological polar surface area (TPSA) is 74.9 Å². The number of rotatable bonds is 6. The van der Waals surface area contributed by atoms with Crippen molar-refractivity contribution in [2.45, 2.75) is 32.1 Å². The van der Waals surface area contributed by atoms with E-state index in [0.717, 1.165) is 23.3 Å². The second kappa shape index (κ2) is 9.58. The lowest BCUT2D eigenvalue weighted by Crippen LogP contribution is -2.33. The van der Waals surface area contributed by atoms with Gasteiger partial charge in [-0.2, -0.15) is 0 Å². The van der Waals surface area contributed by atoms with Crippen LogP contribution in [0.5, 0.6) is 0 Å². The molecule has 0 saturated carbocycles. The van der Waals surface area contributed by atoms with Gasteiger partial charge in [0.2, 0.25) is 11.8 Å². The summed E-state index contributed by atoms with van der Waals surface area (Å²) in [6, 6.07) is 12.1. The molecule has 1 aliphatic rings. The van der Waals surface area contributed by atoms with Gasteiger partial charge in [0.15, 0.2) is 5.17 Å². The number of nitrogens with zero attached hydrogens (tertiary/aromatic N) is 2. The van der Waals surface area contributed by atoms with Gasteiger partial charge < -0.3 is 9.73 Å². The number of amidine groups is 1. The molecule has 2 heterocycles. The van der Waals surface area contributed by atoms with Crippen LogP contribution in [0, 0.1) is 25.5 Å². The predicted molar refractivity (Wildman–Crippen MR) is 123 cm³/mol. The van der Waals surface area contributed by atoms with E-state index in [0.29, 0.717) is 22.7 Å². The lowest BCUT2D eigenvalue weighted by atomic mass is 10.1. The van der Waals surface area contributed by atoms with Gasteiger partial charge in [-0.05, 0) is 61.4 Å². The van der Waals surface area contributed by atoms with E-state index in [1.807, 2.05) is 32.0 Å². The molecular formula is C24H21F2N3O3S. The van der Waals surface area contributed by atoms with Gasteiger partial charge in [-0.3, -0.25) is 14.5 Å². The fourth-order valence-corrected chi connectivity index (χ4v) is 4.45. The van der Waals surface area contributed by atoms with Crippen LogP contribution in [0.4, 0.5) is 20.2 Å². The Balaban J connectivity index is 1.54. The summed E-state index contributed by atoms with van der Waals surface area (Å²) in [6.07, 6.45) is 1.33. The van der Waals surface area contributed by atoms with E-state index in [4.69, 9.17) is 4.42 Å². The first-order valence-corrected chi connectivity index (χ1v) is 11.1. The number of nitrogens with one attached hydrogen (secondary N) is 1. The van der Waals surface area contributed by atoms with Crippen molar-refractivity contribution >= 4 is 40.1 Å². The molecule has 0 radical (unpaired) electrons. The highest BCUT2D eigenvalue weighted by atomic mass is 32.2. The third-order valence-electron chi connectivity index (χ3n) is 5.21. The van der Waals surface area contributed by atoms with Gasteiger partial charge in [-0.25, -0.2) is 13.8 Å². The Hall–Kier alpha value is -3.46. The van der Waals surface area contributed by atoms with Gasteiger partial charge in [0, 0.05) is 12.5 Å². The largest absolute Gasteiger partial charge is 0.467 e. The molecule has 1 atom stereocenters. The lowest BCUT2D eigenvalue weighted by molar-refractivity contribution is -0.128. The van der Waals surface area contributed by atoms with Crippen LogP contribution < -0.4 is 5.32 Å². The Bertz CT molecular complexity index is 1230. The van der Waals surface area contributed by atoms with E-state index < -0.39 is 22.8 Å². The molecule has 3 aromatic rings. The van der Waals surface area contributed by atoms with Crippen molar-refractivity contribution in [2.75, 3.05) is 5.32 Å². The SMILES string of the molecule is Cc1ccc(N=C2SC(CC(=O)Nc3ccc(F)cc3F)C(=O)N2Cc2ccco2)cc1C. The number of benzene rings is 2. The summed E-state index contributed by atoms with van der Waals surface area (Å²) in [5, 5.41) is 2.11. The van der Waals surface area contributed by atoms with Crippen molar-refractivity contribution in [1.29, 1.82) is 0 Å². The Labute approximate surface area is 193 Å². The molecule has 2 aromatic carbocycles. The van der Waals surface area contributed by atoms with Crippen molar-refractivity contribution in [1.82, 2.24) is 4.90 Å². The highest BCUT2D eigenvalue weighted by Crippen LogP contribution is 2.33. The van der Waals surface area contributed by atoms with Crippen LogP contribution in [0.2, 0.25) is 0 Å². The van der Waals surface area contributed by atoms with Crippen LogP contribution in [0.3, 0.4) is 0 Å². The van der Waals surface area contributed by atoms with Crippen molar-refractivity contribution in [2.24, 2.45) is 4.99 Å². The highest BCUT2D eigenvalue weighted by Gasteiger charge is 2.39. The van der Waals surface area contributed by atoms with Crippen LogP contribution in [0.15, 0.2) is 64.2 Å². The number of carbonyl (C=O) groups is 2. The fourth-order valence-electron chi connectivity index (χ4n) is 3.30. The third-order valence-corrected chi connectivity index (χ3v) is 6.38. The van der Waals surface area contributed by atoms with Crippen LogP contribution in [0.25, 0.3) is 0 Å². The molecular weight excluding hydrogens is 448 g/mol. The molecule has 1 aromatic heterocycles. The first kappa shape index (κ1) is 22.7. The summed E-state index contributed by atoms with van der Waals surface area (Å²) in [7, 11) is 0. The molecule has 0 aliphatic carbocycles. The molecule has 1 fully saturated rings. The fraction of sp³-hybridized carbons (Fsp3) is 0.208. The number of aryl methyl sites for hydroxylation is 2. The Morgan fingerprint density at radius 1 is 1.15 bits per heavy atom. The molecule has 9 heteroatoms. The zero-order valence-corrected chi connectivity index (χ0v) is 18.8. The van der Waals surface area contributed by atoms with Crippen molar-refractivity contribution in [3.8, 4) is 0 Å². The van der Waals surface area contributed by atoms with Crippen LogP contribution in [-0.4, -0.2) is 27.1 Å². The minimum atomic E-state index is -0.884. The molecule has 170 valence electrons. The quantitative estimate of drug-likeness (QED) is 0.529. The van der Waals surface area contributed by atoms with E-state index in [1.54, 1.807) is 12.1 Å². The van der Waals surface area contributed by atoms with Crippen LogP contribution in [-0.2, 0) is 16.1 Å². The highest BCUT2D eigenvalue weighted by molar-refractivity contribution is 8.15. The lowest BCUT2D eigenvalue weighted by Gasteiger charge is -2.15. The summed E-state index contributed by atoms with van der Waals surface area (Å²) >= 11 is 1.17. The van der Waals surface area contributed by atoms with Gasteiger partial charge in [0.1, 0.15) is 22.6 Å². The number of halogens is 2. The summed E-state index contributed by atoms with van der Waals surface area (Å²) in [5.41, 5.74) is 2.75. The van der Waals surface area contributed by atoms with Gasteiger partial charge in [0.05, 0.1) is 24.2 Å². The van der Waals surface area contributed by atoms with Crippen molar-refractivity contribution in [3.05, 3.63) is 83.3 Å². The minimum Gasteiger partial charge on any atom is -0.467 e. The van der Waals surface area contributed by atoms with E-state index in [-0.39, 0.29) is 24.6 Å². The second-order valence-electron chi connectivity index (χ2n) is 7.65. The maximum atomic E-state index is 13.9. The van der Waals surface area contributed by atoms with Gasteiger partial charge in [-0.15, -0.1) is 0 Å². The maximum absolute atomic E-state index is 13.9. The van der Waals surface area contributed by atoms with Crippen LogP contribution >= 0.6 is 11.8 Å². The smallest absolute Gasteiger partial charge is 0.243 e. The third kappa shape index (κ3) is 5.31. The van der Waals surface area contributed by atoms with Gasteiger partial charge >= 0.3 is 0 Å². The number of carbonyl (C=O) groups excluding carboxylic acids is 2. The molecule has 4 rings (SSSR count). The first-order chi connectivity index (χ1) is 15.8. The molecule has 6 nitrogen and oxygen atoms in total. The standard InChI is InChI=1S/C24H21F2N3O3S/c1-14-5-7-17(10-15(14)2)27-24-29(13-18-4-3-9-32-18)23(31)21(33-24)12-22(30)28-20-8-6-16(25)11-19(20)26/h3-11,21H,12-13H2,1-2H3,(H,28,30). The molecule has 0 spiro atoms. The van der Waals surface area contributed by atoms with Crippen LogP contribution in [0.1, 0.15) is 23.3 Å². The summed E-state index contributed by atoms with van der Waals surface area (Å²) in [4.78, 5) is 31.8. The minimum absolute atomic E-state index is 0.145. The Morgan fingerprint density at radius 3 is 2.67 bits per heavy atom. The number of furan rings is 1. The van der Waals surface area contributed by atoms with E-state index in [1.165, 1.54) is 22.9 Å². The van der Waals surface area contributed by atoms with E-state index in [2.05, 4.69) is 10.3 Å². The molecule has 1 saturated heterocycles. The first-order valence-electron chi connectivity index (χ1n) is 10.2. The molecule has 1 aliphatic heterocycles. The molecule has 0 bridgehead atoms. The maximum Gasteiger partial charge on any atom is 0.243 e. The number of anilines is 1. The Kier molecular flexibility index (Phi) is 6.60. The van der Waals surface area contributed by atoms with Crippen molar-refractivity contribution in [3.63, 3.8) is 0 Å². The number of hydrogen-bond donors (Lipinski definition) is 1. The normalized spacial score (nSPS) is 17.1. The summed E-state index contributed by atoms with van der Waals surface area (Å²) in [6.45, 7) is 4.16. The molecule has 33 heavy (non-hydrogen) atoms. The number of hydrogen-bond acceptors (Lipinski definition) is 5.